The number of cyclic esters (lactones) is 1. The lowest BCUT2D eigenvalue weighted by Gasteiger charge is -2.43. The Labute approximate surface area is 415 Å². The van der Waals surface area contributed by atoms with Gasteiger partial charge in [-0.1, -0.05) is 53.0 Å². The predicted octanol–water partition coefficient (Wildman–Crippen LogP) is 6.02. The first-order chi connectivity index (χ1) is 33.4. The number of esters is 1. The van der Waals surface area contributed by atoms with Crippen LogP contribution < -0.4 is 10.7 Å². The van der Waals surface area contributed by atoms with Crippen molar-refractivity contribution in [3.05, 3.63) is 70.9 Å². The molecule has 4 aliphatic rings. The summed E-state index contributed by atoms with van der Waals surface area (Å²) in [7, 11) is 3.27. The van der Waals surface area contributed by atoms with Gasteiger partial charge in [0.25, 0.3) is 5.91 Å². The lowest BCUT2D eigenvalue weighted by molar-refractivity contribution is -0.155. The van der Waals surface area contributed by atoms with Crippen LogP contribution in [0.15, 0.2) is 59.6 Å². The van der Waals surface area contributed by atoms with Gasteiger partial charge in [0.15, 0.2) is 0 Å². The number of hydrogen-bond acceptors (Lipinski definition) is 12. The van der Waals surface area contributed by atoms with Crippen molar-refractivity contribution in [2.24, 2.45) is 16.3 Å². The fourth-order valence-electron chi connectivity index (χ4n) is 10.4. The van der Waals surface area contributed by atoms with Crippen molar-refractivity contribution in [3.63, 3.8) is 0 Å². The average Bonchev–Trinajstić information content (AvgIpc) is 4.07. The number of hydrogen-bond donors (Lipinski definition) is 2. The monoisotopic (exact) mass is 982 g/mol. The molecule has 4 aliphatic heterocycles. The molecule has 3 fully saturated rings. The molecule has 17 nitrogen and oxygen atoms in total. The highest BCUT2D eigenvalue weighted by Gasteiger charge is 2.46. The van der Waals surface area contributed by atoms with Gasteiger partial charge in [0.05, 0.1) is 54.5 Å². The number of likely N-dealkylation sites (tertiary alicyclic amines) is 1. The summed E-state index contributed by atoms with van der Waals surface area (Å²) >= 11 is 1.40. The highest BCUT2D eigenvalue weighted by molar-refractivity contribution is 7.10. The van der Waals surface area contributed by atoms with Crippen molar-refractivity contribution in [1.82, 2.24) is 40.0 Å². The average molecular weight is 982 g/mol. The summed E-state index contributed by atoms with van der Waals surface area (Å²) in [5.74, 6) is -1.94. The number of ether oxygens (including phenoxy) is 3. The maximum Gasteiger partial charge on any atom is 0.324 e. The molecule has 5 amide bonds. The van der Waals surface area contributed by atoms with Crippen LogP contribution in [-0.2, 0) is 52.8 Å². The molecule has 6 bridgehead atoms. The number of fused-ring (bicyclic) bond motifs is 6. The Bertz CT molecular complexity index is 2560. The number of carbonyl (C=O) groups excluding carboxylic acids is 5. The molecule has 3 saturated heterocycles. The van der Waals surface area contributed by atoms with Crippen LogP contribution in [0.4, 0.5) is 4.79 Å². The number of aromatic nitrogens is 2. The first kappa shape index (κ1) is 52.1. The van der Waals surface area contributed by atoms with Gasteiger partial charge in [0, 0.05) is 85.8 Å². The zero-order chi connectivity index (χ0) is 50.7. The second kappa shape index (κ2) is 21.7. The number of aliphatic imine (C=N–C) groups is 1. The van der Waals surface area contributed by atoms with E-state index in [1.54, 1.807) is 30.2 Å². The second-order valence-corrected chi connectivity index (χ2v) is 20.9. The Kier molecular flexibility index (Phi) is 16.2. The molecule has 2 aromatic heterocycles. The molecule has 5 atom stereocenters. The molecule has 3 aromatic rings. The number of carbonyl (C=O) groups is 5. The first-order valence-electron chi connectivity index (χ1n) is 24.5. The summed E-state index contributed by atoms with van der Waals surface area (Å²) in [5, 5.41) is 8.06. The van der Waals surface area contributed by atoms with E-state index in [0.717, 1.165) is 44.7 Å². The van der Waals surface area contributed by atoms with E-state index >= 15 is 0 Å². The highest BCUT2D eigenvalue weighted by atomic mass is 32.1. The van der Waals surface area contributed by atoms with Crippen LogP contribution in [0.1, 0.15) is 84.0 Å². The second-order valence-electron chi connectivity index (χ2n) is 20.0. The largest absolute Gasteiger partial charge is 0.464 e. The molecule has 70 heavy (non-hydrogen) atoms. The summed E-state index contributed by atoms with van der Waals surface area (Å²) in [6.45, 7) is 24.5. The van der Waals surface area contributed by atoms with Gasteiger partial charge in [0.2, 0.25) is 11.8 Å². The summed E-state index contributed by atoms with van der Waals surface area (Å²) in [5.41, 5.74) is 8.10. The molecule has 7 rings (SSSR count). The van der Waals surface area contributed by atoms with E-state index in [1.807, 2.05) is 39.2 Å². The first-order valence-corrected chi connectivity index (χ1v) is 25.4. The van der Waals surface area contributed by atoms with Gasteiger partial charge in [-0.2, -0.15) is 0 Å². The van der Waals surface area contributed by atoms with E-state index in [1.165, 1.54) is 27.3 Å². The predicted molar refractivity (Wildman–Crippen MR) is 272 cm³/mol. The van der Waals surface area contributed by atoms with Crippen molar-refractivity contribution in [2.75, 3.05) is 60.1 Å². The van der Waals surface area contributed by atoms with E-state index in [9.17, 15) is 24.0 Å². The quantitative estimate of drug-likeness (QED) is 0.0999. The van der Waals surface area contributed by atoms with Gasteiger partial charge in [-0.15, -0.1) is 11.3 Å². The van der Waals surface area contributed by atoms with Gasteiger partial charge in [-0.3, -0.25) is 29.2 Å². The summed E-state index contributed by atoms with van der Waals surface area (Å²) in [6, 6.07) is 3.08. The minimum absolute atomic E-state index is 0.0564. The third-order valence-electron chi connectivity index (χ3n) is 14.0. The van der Waals surface area contributed by atoms with E-state index in [-0.39, 0.29) is 50.1 Å². The molecule has 0 unspecified atom stereocenters. The fraction of sp³-hybridized carbons (Fsp3) is 0.558. The number of urea groups is 1. The standard InChI is InChI=1S/C52H71N9O8S/c1-12-35(44(53-14-3)33(7)67-11)46-37-27-51(8,9)31-68-49(65)38-17-16-21-61(56-38)48(64)39(26-42-54-40(28-70-42)34-18-19-41(36(37)25-34)60(46)15-4)55-47(63)45(32(5)6)57(10)50(66)59-23-24-69-52(30-59)20-22-58(29-52)43(62)13-2/h12-14,18-19,25,28,32-33,38-39,45,56H,1-2,15-17,20-24,26-27,29-31H2,3-11H3,(H,55,63)/b44-35+,53-14-/t33-,38-,39-,45-,52-/m0/s1. The van der Waals surface area contributed by atoms with Crippen LogP contribution in [0.25, 0.3) is 27.7 Å². The molecular weight excluding hydrogens is 911 g/mol. The number of allylic oxidation sites excluding steroid dienone is 2. The van der Waals surface area contributed by atoms with Crippen LogP contribution in [0.2, 0.25) is 0 Å². The lowest BCUT2D eigenvalue weighted by Crippen LogP contribution is -2.63. The Morgan fingerprint density at radius 3 is 2.56 bits per heavy atom. The highest BCUT2D eigenvalue weighted by Crippen LogP contribution is 2.40. The van der Waals surface area contributed by atoms with Crippen molar-refractivity contribution in [1.29, 1.82) is 0 Å². The Morgan fingerprint density at radius 1 is 1.11 bits per heavy atom. The van der Waals surface area contributed by atoms with Crippen LogP contribution in [0.3, 0.4) is 0 Å². The maximum atomic E-state index is 14.7. The fourth-order valence-corrected chi connectivity index (χ4v) is 11.3. The molecule has 0 saturated carbocycles. The number of thiazole rings is 1. The summed E-state index contributed by atoms with van der Waals surface area (Å²) < 4.78 is 20.4. The van der Waals surface area contributed by atoms with Gasteiger partial charge in [-0.05, 0) is 76.1 Å². The van der Waals surface area contributed by atoms with Crippen molar-refractivity contribution >= 4 is 63.7 Å². The number of nitrogens with one attached hydrogen (secondary N) is 2. The van der Waals surface area contributed by atoms with E-state index in [0.29, 0.717) is 63.4 Å². The molecule has 1 aromatic carbocycles. The molecule has 378 valence electrons. The van der Waals surface area contributed by atoms with E-state index in [4.69, 9.17) is 24.2 Å². The van der Waals surface area contributed by atoms with E-state index in [2.05, 4.69) is 67.4 Å². The number of hydrazine groups is 1. The number of benzene rings is 1. The van der Waals surface area contributed by atoms with Gasteiger partial charge in [0.1, 0.15) is 23.7 Å². The molecule has 2 N–H and O–H groups in total. The zero-order valence-corrected chi connectivity index (χ0v) is 43.2. The van der Waals surface area contributed by atoms with Crippen LogP contribution in [0.5, 0.6) is 0 Å². The van der Waals surface area contributed by atoms with Crippen molar-refractivity contribution in [2.45, 2.75) is 117 Å². The SMILES string of the molecule is C=CC(=O)N1CC[C@]2(C1)CN(C(=O)N(C)[C@H](C(=O)N[C@H]1Cc3nc(cs3)-c3ccc4c(c3)c(c(/C(C=C)=C(/N=C\C)[C@H](C)OC)n4CC)CC(C)(C)COC(=O)[C@@H]3CCCN(N3)C1=O)C(C)C)CCO2. The van der Waals surface area contributed by atoms with Crippen molar-refractivity contribution < 1.29 is 38.2 Å². The molecular formula is C52H71N9O8S. The Balaban J connectivity index is 1.24. The van der Waals surface area contributed by atoms with Gasteiger partial charge in [-0.25, -0.2) is 15.2 Å². The van der Waals surface area contributed by atoms with Crippen LogP contribution in [0, 0.1) is 11.3 Å². The summed E-state index contributed by atoms with van der Waals surface area (Å²) in [4.78, 5) is 84.8. The normalized spacial score (nSPS) is 23.3. The molecule has 18 heteroatoms. The maximum absolute atomic E-state index is 14.7. The summed E-state index contributed by atoms with van der Waals surface area (Å²) in [6.07, 6.45) is 6.69. The lowest BCUT2D eigenvalue weighted by atomic mass is 9.84. The van der Waals surface area contributed by atoms with Crippen molar-refractivity contribution in [3.8, 4) is 11.3 Å². The number of morpholine rings is 1. The van der Waals surface area contributed by atoms with Gasteiger partial charge >= 0.3 is 12.0 Å². The van der Waals surface area contributed by atoms with Crippen LogP contribution in [-0.4, -0.2) is 155 Å². The number of methoxy groups -OCH3 is 1. The number of amides is 5. The number of nitrogens with zero attached hydrogens (tertiary/aromatic N) is 7. The molecule has 6 heterocycles. The van der Waals surface area contributed by atoms with Gasteiger partial charge < -0.3 is 38.8 Å². The third kappa shape index (κ3) is 10.8. The number of rotatable bonds is 11. The zero-order valence-electron chi connectivity index (χ0n) is 42.3. The van der Waals surface area contributed by atoms with E-state index < -0.39 is 46.9 Å². The topological polar surface area (TPSA) is 180 Å². The minimum Gasteiger partial charge on any atom is -0.464 e. The third-order valence-corrected chi connectivity index (χ3v) is 14.9. The minimum atomic E-state index is -1.11. The number of aryl methyl sites for hydroxylation is 1. The Hall–Kier alpha value is -5.69. The van der Waals surface area contributed by atoms with Crippen LogP contribution >= 0.6 is 11.3 Å². The Morgan fingerprint density at radius 2 is 1.87 bits per heavy atom. The molecule has 0 aliphatic carbocycles. The number of likely N-dealkylation sites (N-methyl/N-ethyl adjacent to an activating group) is 1. The smallest absolute Gasteiger partial charge is 0.324 e. The molecule has 1 spiro atoms. The molecule has 0 radical (unpaired) electrons.